The predicted molar refractivity (Wildman–Crippen MR) is 171 cm³/mol. The van der Waals surface area contributed by atoms with E-state index in [1.54, 1.807) is 36.4 Å². The molecule has 1 heterocycles. The summed E-state index contributed by atoms with van der Waals surface area (Å²) in [7, 11) is 1.53. The van der Waals surface area contributed by atoms with Crippen LogP contribution in [0, 0.1) is 3.57 Å². The molecule has 0 radical (unpaired) electrons. The number of hydrogen-bond donors (Lipinski definition) is 2. The highest BCUT2D eigenvalue weighted by atomic mass is 127. The predicted octanol–water partition coefficient (Wildman–Crippen LogP) is 7.96. The number of nitrogens with one attached hydrogen (secondary N) is 2. The largest absolute Gasteiger partial charge is 0.497 e. The molecule has 0 saturated heterocycles. The van der Waals surface area contributed by atoms with Crippen molar-refractivity contribution in [1.82, 2.24) is 10.4 Å². The maximum absolute atomic E-state index is 13.4. The normalized spacial score (nSPS) is 11.1. The summed E-state index contributed by atoms with van der Waals surface area (Å²) in [5.41, 5.74) is 6.33. The molecule has 5 aromatic rings. The smallest absolute Gasteiger partial charge is 0.343 e. The van der Waals surface area contributed by atoms with Gasteiger partial charge in [-0.2, -0.15) is 5.10 Å². The molecule has 5 rings (SSSR count). The number of aromatic nitrogens is 1. The Labute approximate surface area is 260 Å². The van der Waals surface area contributed by atoms with Crippen LogP contribution < -0.4 is 14.9 Å². The molecule has 0 aliphatic rings. The fourth-order valence-corrected chi connectivity index (χ4v) is 5.97. The molecule has 0 atom stereocenters. The van der Waals surface area contributed by atoms with Gasteiger partial charge in [0.25, 0.3) is 5.91 Å². The number of nitrogens with zero attached hydrogens (tertiary/aromatic N) is 1. The quantitative estimate of drug-likeness (QED) is 0.0578. The van der Waals surface area contributed by atoms with Crippen LogP contribution in [0.25, 0.3) is 22.0 Å². The third-order valence-corrected chi connectivity index (χ3v) is 7.68. The Morgan fingerprint density at radius 1 is 0.975 bits per heavy atom. The van der Waals surface area contributed by atoms with Crippen LogP contribution in [0.1, 0.15) is 26.4 Å². The summed E-state index contributed by atoms with van der Waals surface area (Å²) in [6, 6.07) is 25.8. The van der Waals surface area contributed by atoms with Crippen molar-refractivity contribution >= 4 is 83.4 Å². The molecule has 0 spiro atoms. The number of carbonyl (C=O) groups excluding carboxylic acids is 2. The van der Waals surface area contributed by atoms with Crippen molar-refractivity contribution in [1.29, 1.82) is 0 Å². The van der Waals surface area contributed by atoms with Gasteiger partial charge in [0.15, 0.2) is 5.75 Å². The second-order valence-corrected chi connectivity index (χ2v) is 11.6. The third kappa shape index (κ3) is 6.13. The summed E-state index contributed by atoms with van der Waals surface area (Å²) in [4.78, 5) is 29.5. The van der Waals surface area contributed by atoms with Crippen molar-refractivity contribution in [3.8, 4) is 22.6 Å². The number of carbonyl (C=O) groups is 2. The number of rotatable bonds is 7. The molecule has 0 aliphatic heterocycles. The fourth-order valence-electron chi connectivity index (χ4n) is 4.14. The first-order chi connectivity index (χ1) is 19.3. The van der Waals surface area contributed by atoms with Crippen LogP contribution in [0.3, 0.4) is 0 Å². The van der Waals surface area contributed by atoms with Gasteiger partial charge in [-0.3, -0.25) is 4.79 Å². The van der Waals surface area contributed by atoms with Gasteiger partial charge in [0.2, 0.25) is 0 Å². The van der Waals surface area contributed by atoms with Crippen LogP contribution >= 0.6 is 54.5 Å². The standard InChI is InChI=1S/C30H20Br2IN3O4/c1-39-22-9-5-8-18(13-22)30(38)40-28-19(12-20(31)14-24(28)32)16-34-36-29(37)27-26(17-6-3-2-4-7-17)23-15-21(33)10-11-25(23)35-27/h2-16,35H,1H3,(H,36,37). The van der Waals surface area contributed by atoms with E-state index in [9.17, 15) is 9.59 Å². The Hall–Kier alpha value is -3.48. The van der Waals surface area contributed by atoms with E-state index in [0.717, 1.165) is 30.1 Å². The molecule has 0 aliphatic carbocycles. The number of aromatic amines is 1. The number of hydrogen-bond acceptors (Lipinski definition) is 5. The molecule has 0 unspecified atom stereocenters. The number of benzene rings is 4. The SMILES string of the molecule is COc1cccc(C(=O)Oc2c(Br)cc(Br)cc2C=NNC(=O)c2[nH]c3ccc(I)cc3c2-c2ccccc2)c1. The number of fused-ring (bicyclic) bond motifs is 1. The average molecular weight is 773 g/mol. The molecule has 200 valence electrons. The average Bonchev–Trinajstić information content (AvgIpc) is 3.34. The van der Waals surface area contributed by atoms with Gasteiger partial charge in [0, 0.05) is 30.1 Å². The number of methoxy groups -OCH3 is 1. The lowest BCUT2D eigenvalue weighted by atomic mass is 10.0. The number of amides is 1. The number of ether oxygens (including phenoxy) is 2. The van der Waals surface area contributed by atoms with E-state index >= 15 is 0 Å². The Morgan fingerprint density at radius 3 is 2.55 bits per heavy atom. The molecule has 1 amide bonds. The van der Waals surface area contributed by atoms with E-state index in [2.05, 4.69) is 70.0 Å². The monoisotopic (exact) mass is 771 g/mol. The van der Waals surface area contributed by atoms with Crippen LogP contribution in [0.15, 0.2) is 99.0 Å². The summed E-state index contributed by atoms with van der Waals surface area (Å²) in [5, 5.41) is 5.13. The topological polar surface area (TPSA) is 92.8 Å². The minimum absolute atomic E-state index is 0.249. The van der Waals surface area contributed by atoms with Crippen molar-refractivity contribution in [2.24, 2.45) is 5.10 Å². The lowest BCUT2D eigenvalue weighted by Gasteiger charge is -2.11. The van der Waals surface area contributed by atoms with Crippen LogP contribution in [0.2, 0.25) is 0 Å². The lowest BCUT2D eigenvalue weighted by molar-refractivity contribution is 0.0732. The van der Waals surface area contributed by atoms with E-state index in [0.29, 0.717) is 27.0 Å². The highest BCUT2D eigenvalue weighted by Gasteiger charge is 2.20. The molecule has 1 aromatic heterocycles. The summed E-state index contributed by atoms with van der Waals surface area (Å²) < 4.78 is 13.2. The molecule has 10 heteroatoms. The molecular weight excluding hydrogens is 753 g/mol. The van der Waals surface area contributed by atoms with Gasteiger partial charge in [-0.05, 0) is 92.6 Å². The van der Waals surface area contributed by atoms with Crippen molar-refractivity contribution in [2.75, 3.05) is 7.11 Å². The van der Waals surface area contributed by atoms with Gasteiger partial charge in [-0.1, -0.05) is 52.3 Å². The van der Waals surface area contributed by atoms with Gasteiger partial charge in [-0.15, -0.1) is 0 Å². The van der Waals surface area contributed by atoms with Gasteiger partial charge in [0.1, 0.15) is 11.4 Å². The number of halogens is 3. The number of esters is 1. The van der Waals surface area contributed by atoms with E-state index in [4.69, 9.17) is 9.47 Å². The molecular formula is C30H20Br2IN3O4. The molecule has 0 bridgehead atoms. The molecule has 4 aromatic carbocycles. The van der Waals surface area contributed by atoms with Crippen molar-refractivity contribution in [3.63, 3.8) is 0 Å². The Morgan fingerprint density at radius 2 is 1.77 bits per heavy atom. The Balaban J connectivity index is 1.43. The minimum Gasteiger partial charge on any atom is -0.497 e. The van der Waals surface area contributed by atoms with Crippen LogP contribution in [-0.2, 0) is 0 Å². The first-order valence-corrected chi connectivity index (χ1v) is 14.6. The van der Waals surface area contributed by atoms with Crippen LogP contribution in [0.4, 0.5) is 0 Å². The van der Waals surface area contributed by atoms with Gasteiger partial charge in [-0.25, -0.2) is 10.2 Å². The highest BCUT2D eigenvalue weighted by Crippen LogP contribution is 2.34. The molecule has 7 nitrogen and oxygen atoms in total. The van der Waals surface area contributed by atoms with Gasteiger partial charge >= 0.3 is 5.97 Å². The number of hydrazone groups is 1. The maximum Gasteiger partial charge on any atom is 0.343 e. The first-order valence-electron chi connectivity index (χ1n) is 11.9. The van der Waals surface area contributed by atoms with E-state index in [1.807, 2.05) is 48.5 Å². The van der Waals surface area contributed by atoms with Gasteiger partial charge < -0.3 is 14.5 Å². The van der Waals surface area contributed by atoms with Crippen LogP contribution in [-0.4, -0.2) is 30.2 Å². The highest BCUT2D eigenvalue weighted by molar-refractivity contribution is 14.1. The summed E-state index contributed by atoms with van der Waals surface area (Å²) in [5.74, 6) is -0.194. The summed E-state index contributed by atoms with van der Waals surface area (Å²) in [6.07, 6.45) is 1.43. The third-order valence-electron chi connectivity index (χ3n) is 5.96. The zero-order valence-electron chi connectivity index (χ0n) is 20.9. The van der Waals surface area contributed by atoms with E-state index in [1.165, 1.54) is 13.3 Å². The van der Waals surface area contributed by atoms with Crippen molar-refractivity contribution < 1.29 is 19.1 Å². The first kappa shape index (κ1) is 28.1. The minimum atomic E-state index is -0.569. The zero-order chi connectivity index (χ0) is 28.2. The van der Waals surface area contributed by atoms with Crippen molar-refractivity contribution in [2.45, 2.75) is 0 Å². The lowest BCUT2D eigenvalue weighted by Crippen LogP contribution is -2.19. The molecule has 2 N–H and O–H groups in total. The van der Waals surface area contributed by atoms with E-state index < -0.39 is 11.9 Å². The Kier molecular flexibility index (Phi) is 8.67. The Bertz CT molecular complexity index is 1770. The maximum atomic E-state index is 13.4. The number of H-pyrrole nitrogens is 1. The van der Waals surface area contributed by atoms with Crippen molar-refractivity contribution in [3.05, 3.63) is 114 Å². The summed E-state index contributed by atoms with van der Waals surface area (Å²) >= 11 is 9.17. The fraction of sp³-hybridized carbons (Fsp3) is 0.0333. The zero-order valence-corrected chi connectivity index (χ0v) is 26.2. The second kappa shape index (κ2) is 12.4. The molecule has 40 heavy (non-hydrogen) atoms. The molecule has 0 saturated carbocycles. The van der Waals surface area contributed by atoms with Crippen LogP contribution in [0.5, 0.6) is 11.5 Å². The summed E-state index contributed by atoms with van der Waals surface area (Å²) in [6.45, 7) is 0. The second-order valence-electron chi connectivity index (χ2n) is 8.56. The molecule has 0 fully saturated rings. The van der Waals surface area contributed by atoms with Gasteiger partial charge in [0.05, 0.1) is 23.4 Å². The van der Waals surface area contributed by atoms with E-state index in [-0.39, 0.29) is 5.75 Å².